The van der Waals surface area contributed by atoms with Crippen LogP contribution in [0.4, 0.5) is 0 Å². The van der Waals surface area contributed by atoms with Gasteiger partial charge in [0.2, 0.25) is 0 Å². The molecule has 2 rings (SSSR count). The van der Waals surface area contributed by atoms with Crippen molar-refractivity contribution < 1.29 is 4.79 Å². The molecule has 0 saturated carbocycles. The van der Waals surface area contributed by atoms with Crippen molar-refractivity contribution in [1.29, 1.82) is 0 Å². The van der Waals surface area contributed by atoms with E-state index in [4.69, 9.17) is 5.73 Å². The van der Waals surface area contributed by atoms with Crippen molar-refractivity contribution >= 4 is 17.2 Å². The normalized spacial score (nSPS) is 17.4. The number of nitrogens with two attached hydrogens (primary N) is 1. The number of hydrogen-bond acceptors (Lipinski definition) is 4. The second kappa shape index (κ2) is 5.60. The zero-order valence-electron chi connectivity index (χ0n) is 10.2. The van der Waals surface area contributed by atoms with E-state index < -0.39 is 0 Å². The smallest absolute Gasteiger partial charge is 0.265 e. The van der Waals surface area contributed by atoms with Crippen molar-refractivity contribution in [3.63, 3.8) is 0 Å². The lowest BCUT2D eigenvalue weighted by Gasteiger charge is -2.31. The highest BCUT2D eigenvalue weighted by Gasteiger charge is 2.24. The Balaban J connectivity index is 1.93. The molecular weight excluding hydrogens is 234 g/mol. The van der Waals surface area contributed by atoms with Gasteiger partial charge in [-0.25, -0.2) is 4.98 Å². The van der Waals surface area contributed by atoms with Gasteiger partial charge in [-0.3, -0.25) is 4.79 Å². The van der Waals surface area contributed by atoms with Crippen LogP contribution in [0.25, 0.3) is 0 Å². The molecule has 0 spiro atoms. The molecule has 5 heteroatoms. The van der Waals surface area contributed by atoms with Crippen LogP contribution in [0.1, 0.15) is 34.6 Å². The highest BCUT2D eigenvalue weighted by molar-refractivity contribution is 7.11. The van der Waals surface area contributed by atoms with E-state index in [1.54, 1.807) is 5.51 Å². The van der Waals surface area contributed by atoms with Crippen LogP contribution in [0.2, 0.25) is 0 Å². The van der Waals surface area contributed by atoms with Gasteiger partial charge in [-0.05, 0) is 38.6 Å². The Morgan fingerprint density at radius 2 is 2.29 bits per heavy atom. The topological polar surface area (TPSA) is 59.2 Å². The van der Waals surface area contributed by atoms with Gasteiger partial charge < -0.3 is 10.6 Å². The molecule has 0 aliphatic carbocycles. The molecule has 1 amide bonds. The quantitative estimate of drug-likeness (QED) is 0.891. The maximum atomic E-state index is 12.2. The van der Waals surface area contributed by atoms with Crippen molar-refractivity contribution in [2.45, 2.75) is 26.2 Å². The predicted molar refractivity (Wildman–Crippen MR) is 69.1 cm³/mol. The van der Waals surface area contributed by atoms with Gasteiger partial charge in [0.05, 0.1) is 11.2 Å². The van der Waals surface area contributed by atoms with Crippen LogP contribution >= 0.6 is 11.3 Å². The van der Waals surface area contributed by atoms with Gasteiger partial charge in [0, 0.05) is 13.1 Å². The summed E-state index contributed by atoms with van der Waals surface area (Å²) >= 11 is 1.44. The minimum Gasteiger partial charge on any atom is -0.338 e. The second-order valence-electron chi connectivity index (χ2n) is 4.58. The summed E-state index contributed by atoms with van der Waals surface area (Å²) in [4.78, 5) is 19.1. The van der Waals surface area contributed by atoms with Crippen LogP contribution in [0.15, 0.2) is 5.51 Å². The summed E-state index contributed by atoms with van der Waals surface area (Å²) in [5.74, 6) is 0.850. The lowest BCUT2D eigenvalue weighted by molar-refractivity contribution is 0.0692. The molecule has 1 aromatic rings. The fraction of sp³-hybridized carbons (Fsp3) is 0.667. The van der Waals surface area contributed by atoms with E-state index in [-0.39, 0.29) is 5.91 Å². The van der Waals surface area contributed by atoms with E-state index >= 15 is 0 Å². The lowest BCUT2D eigenvalue weighted by atomic mass is 9.93. The summed E-state index contributed by atoms with van der Waals surface area (Å²) in [6.45, 7) is 4.37. The molecule has 0 bridgehead atoms. The number of aromatic nitrogens is 1. The van der Waals surface area contributed by atoms with E-state index in [0.29, 0.717) is 5.92 Å². The van der Waals surface area contributed by atoms with Gasteiger partial charge in [0.25, 0.3) is 5.91 Å². The van der Waals surface area contributed by atoms with E-state index in [0.717, 1.165) is 49.5 Å². The van der Waals surface area contributed by atoms with Crippen molar-refractivity contribution in [1.82, 2.24) is 9.88 Å². The fourth-order valence-corrected chi connectivity index (χ4v) is 3.08. The third kappa shape index (κ3) is 2.84. The summed E-state index contributed by atoms with van der Waals surface area (Å²) in [5, 5.41) is 0. The van der Waals surface area contributed by atoms with Crippen LogP contribution in [-0.2, 0) is 0 Å². The molecule has 1 aliphatic rings. The molecule has 4 nitrogen and oxygen atoms in total. The molecule has 1 aromatic heterocycles. The SMILES string of the molecule is Cc1ncsc1C(=O)N1CCC(CCN)CC1. The van der Waals surface area contributed by atoms with Crippen molar-refractivity contribution in [2.24, 2.45) is 11.7 Å². The van der Waals surface area contributed by atoms with Crippen LogP contribution in [0.3, 0.4) is 0 Å². The minimum absolute atomic E-state index is 0.149. The number of carbonyl (C=O) groups is 1. The van der Waals surface area contributed by atoms with Crippen molar-refractivity contribution in [3.05, 3.63) is 16.1 Å². The predicted octanol–water partition coefficient (Wildman–Crippen LogP) is 1.65. The zero-order valence-corrected chi connectivity index (χ0v) is 11.0. The van der Waals surface area contributed by atoms with Crippen LogP contribution < -0.4 is 5.73 Å². The number of rotatable bonds is 3. The Morgan fingerprint density at radius 1 is 1.59 bits per heavy atom. The van der Waals surface area contributed by atoms with Gasteiger partial charge in [-0.1, -0.05) is 0 Å². The molecule has 0 atom stereocenters. The largest absolute Gasteiger partial charge is 0.338 e. The second-order valence-corrected chi connectivity index (χ2v) is 5.43. The molecule has 0 aromatic carbocycles. The number of carbonyl (C=O) groups excluding carboxylic acids is 1. The standard InChI is InChI=1S/C12H19N3OS/c1-9-11(17-8-14-9)12(16)15-6-3-10(2-5-13)4-7-15/h8,10H,2-7,13H2,1H3. The maximum Gasteiger partial charge on any atom is 0.265 e. The van der Waals surface area contributed by atoms with E-state index in [9.17, 15) is 4.79 Å². The maximum absolute atomic E-state index is 12.2. The minimum atomic E-state index is 0.149. The first-order valence-electron chi connectivity index (χ1n) is 6.11. The Hall–Kier alpha value is -0.940. The van der Waals surface area contributed by atoms with Crippen molar-refractivity contribution in [3.8, 4) is 0 Å². The average molecular weight is 253 g/mol. The number of nitrogens with zero attached hydrogens (tertiary/aromatic N) is 2. The number of likely N-dealkylation sites (tertiary alicyclic amines) is 1. The monoisotopic (exact) mass is 253 g/mol. The van der Waals surface area contributed by atoms with Crippen LogP contribution in [0.5, 0.6) is 0 Å². The van der Waals surface area contributed by atoms with Gasteiger partial charge in [0.1, 0.15) is 4.88 Å². The molecule has 94 valence electrons. The number of amides is 1. The molecule has 2 N–H and O–H groups in total. The highest BCUT2D eigenvalue weighted by atomic mass is 32.1. The average Bonchev–Trinajstić information content (AvgIpc) is 2.76. The summed E-state index contributed by atoms with van der Waals surface area (Å²) in [6.07, 6.45) is 3.25. The fourth-order valence-electron chi connectivity index (χ4n) is 2.31. The van der Waals surface area contributed by atoms with E-state index in [1.807, 2.05) is 11.8 Å². The first-order chi connectivity index (χ1) is 8.22. The first-order valence-corrected chi connectivity index (χ1v) is 6.99. The Morgan fingerprint density at radius 3 is 2.82 bits per heavy atom. The van der Waals surface area contributed by atoms with Crippen molar-refractivity contribution in [2.75, 3.05) is 19.6 Å². The summed E-state index contributed by atoms with van der Waals surface area (Å²) in [5.41, 5.74) is 8.15. The number of aryl methyl sites for hydroxylation is 1. The van der Waals surface area contributed by atoms with Crippen LogP contribution in [0, 0.1) is 12.8 Å². The number of hydrogen-bond donors (Lipinski definition) is 1. The van der Waals surface area contributed by atoms with Gasteiger partial charge >= 0.3 is 0 Å². The summed E-state index contributed by atoms with van der Waals surface area (Å²) in [7, 11) is 0. The molecule has 1 saturated heterocycles. The molecule has 0 radical (unpaired) electrons. The third-order valence-corrected chi connectivity index (χ3v) is 4.33. The highest BCUT2D eigenvalue weighted by Crippen LogP contribution is 2.23. The number of piperidine rings is 1. The summed E-state index contributed by atoms with van der Waals surface area (Å²) < 4.78 is 0. The van der Waals surface area contributed by atoms with E-state index in [1.165, 1.54) is 11.3 Å². The molecule has 1 fully saturated rings. The number of thiazole rings is 1. The summed E-state index contributed by atoms with van der Waals surface area (Å²) in [6, 6.07) is 0. The first kappa shape index (κ1) is 12.5. The molecule has 1 aliphatic heterocycles. The van der Waals surface area contributed by atoms with Crippen LogP contribution in [-0.4, -0.2) is 35.4 Å². The Kier molecular flexibility index (Phi) is 4.12. The molecule has 0 unspecified atom stereocenters. The van der Waals surface area contributed by atoms with E-state index in [2.05, 4.69) is 4.98 Å². The zero-order chi connectivity index (χ0) is 12.3. The molecular formula is C12H19N3OS. The Labute approximate surface area is 106 Å². The van der Waals surface area contributed by atoms with Gasteiger partial charge in [0.15, 0.2) is 0 Å². The Bertz CT molecular complexity index is 383. The van der Waals surface area contributed by atoms with Gasteiger partial charge in [-0.15, -0.1) is 11.3 Å². The van der Waals surface area contributed by atoms with Gasteiger partial charge in [-0.2, -0.15) is 0 Å². The molecule has 2 heterocycles. The third-order valence-electron chi connectivity index (χ3n) is 3.42. The molecule has 17 heavy (non-hydrogen) atoms. The lowest BCUT2D eigenvalue weighted by Crippen LogP contribution is -2.38.